The lowest BCUT2D eigenvalue weighted by atomic mass is 10.0. The molecule has 0 radical (unpaired) electrons. The predicted molar refractivity (Wildman–Crippen MR) is 109 cm³/mol. The largest absolute Gasteiger partial charge is 0.396 e. The highest BCUT2D eigenvalue weighted by molar-refractivity contribution is 6.33. The van der Waals surface area contributed by atoms with Gasteiger partial charge in [0.1, 0.15) is 0 Å². The number of hydrogen-bond acceptors (Lipinski definition) is 3. The summed E-state index contributed by atoms with van der Waals surface area (Å²) in [5, 5.41) is 19.2. The molecule has 2 aromatic carbocycles. The van der Waals surface area contributed by atoms with E-state index in [1.165, 1.54) is 0 Å². The van der Waals surface area contributed by atoms with E-state index in [2.05, 4.69) is 20.9 Å². The molecule has 0 fully saturated rings. The number of aliphatic imine (C=N–C) groups is 1. The molecule has 0 bridgehead atoms. The lowest BCUT2D eigenvalue weighted by Crippen LogP contribution is -2.43. The van der Waals surface area contributed by atoms with Gasteiger partial charge >= 0.3 is 0 Å². The summed E-state index contributed by atoms with van der Waals surface area (Å²) in [6.07, 6.45) is 0. The molecule has 2 rings (SSSR count). The molecule has 0 aliphatic rings. The first-order valence-corrected chi connectivity index (χ1v) is 9.16. The van der Waals surface area contributed by atoms with Crippen LogP contribution in [0, 0.1) is 0 Å². The van der Waals surface area contributed by atoms with Gasteiger partial charge in [0.2, 0.25) is 0 Å². The van der Waals surface area contributed by atoms with Gasteiger partial charge in [-0.05, 0) is 17.7 Å². The monoisotopic (exact) mass is 388 g/mol. The van der Waals surface area contributed by atoms with E-state index >= 15 is 0 Å². The Morgan fingerprint density at radius 1 is 1.04 bits per heavy atom. The average molecular weight is 389 g/mol. The number of rotatable bonds is 8. The van der Waals surface area contributed by atoms with Crippen molar-refractivity contribution >= 4 is 23.5 Å². The maximum atomic E-state index is 12.1. The number of amides is 1. The molecule has 0 aliphatic heterocycles. The normalized spacial score (nSPS) is 12.3. The van der Waals surface area contributed by atoms with Crippen molar-refractivity contribution in [2.24, 2.45) is 4.99 Å². The molecule has 1 unspecified atom stereocenters. The standard InChI is InChI=1S/C20H25ClN4O2/c1-22-20(25-13-16(14-26)15-7-3-2-4-8-15)24-12-11-23-19(27)17-9-5-6-10-18(17)21/h2-10,16,26H,11-14H2,1H3,(H,23,27)(H2,22,24,25). The number of aliphatic hydroxyl groups is 1. The van der Waals surface area contributed by atoms with E-state index in [4.69, 9.17) is 11.6 Å². The Labute approximate surface area is 164 Å². The summed E-state index contributed by atoms with van der Waals surface area (Å²) in [7, 11) is 1.67. The zero-order valence-corrected chi connectivity index (χ0v) is 16.0. The number of carbonyl (C=O) groups excluding carboxylic acids is 1. The summed E-state index contributed by atoms with van der Waals surface area (Å²) in [5.41, 5.74) is 1.52. The molecule has 0 heterocycles. The van der Waals surface area contributed by atoms with Crippen LogP contribution in [0.2, 0.25) is 5.02 Å². The van der Waals surface area contributed by atoms with Crippen molar-refractivity contribution in [2.75, 3.05) is 33.3 Å². The number of halogens is 1. The molecule has 0 saturated carbocycles. The highest BCUT2D eigenvalue weighted by Crippen LogP contribution is 2.14. The van der Waals surface area contributed by atoms with Crippen LogP contribution in [0.15, 0.2) is 59.6 Å². The van der Waals surface area contributed by atoms with Crippen LogP contribution in [0.3, 0.4) is 0 Å². The van der Waals surface area contributed by atoms with Gasteiger partial charge in [0.15, 0.2) is 5.96 Å². The molecule has 0 aromatic heterocycles. The molecule has 0 saturated heterocycles. The molecule has 0 aliphatic carbocycles. The Balaban J connectivity index is 1.74. The zero-order chi connectivity index (χ0) is 19.5. The Morgan fingerprint density at radius 2 is 1.70 bits per heavy atom. The van der Waals surface area contributed by atoms with Gasteiger partial charge in [-0.2, -0.15) is 0 Å². The van der Waals surface area contributed by atoms with Gasteiger partial charge < -0.3 is 21.1 Å². The number of nitrogens with zero attached hydrogens (tertiary/aromatic N) is 1. The Bertz CT molecular complexity index is 753. The quantitative estimate of drug-likeness (QED) is 0.316. The lowest BCUT2D eigenvalue weighted by molar-refractivity contribution is 0.0954. The van der Waals surface area contributed by atoms with Gasteiger partial charge in [-0.1, -0.05) is 54.1 Å². The second-order valence-corrected chi connectivity index (χ2v) is 6.31. The molecular formula is C20H25ClN4O2. The fourth-order valence-corrected chi connectivity index (χ4v) is 2.77. The van der Waals surface area contributed by atoms with E-state index in [0.29, 0.717) is 36.2 Å². The van der Waals surface area contributed by atoms with Gasteiger partial charge in [-0.25, -0.2) is 0 Å². The topological polar surface area (TPSA) is 85.8 Å². The van der Waals surface area contributed by atoms with Crippen molar-refractivity contribution in [1.82, 2.24) is 16.0 Å². The van der Waals surface area contributed by atoms with Crippen molar-refractivity contribution in [2.45, 2.75) is 5.92 Å². The van der Waals surface area contributed by atoms with Gasteiger partial charge in [-0.3, -0.25) is 9.79 Å². The van der Waals surface area contributed by atoms with Crippen molar-refractivity contribution < 1.29 is 9.90 Å². The third-order valence-electron chi connectivity index (χ3n) is 4.05. The van der Waals surface area contributed by atoms with Gasteiger partial charge in [0, 0.05) is 32.6 Å². The molecule has 6 nitrogen and oxygen atoms in total. The molecular weight excluding hydrogens is 364 g/mol. The summed E-state index contributed by atoms with van der Waals surface area (Å²) in [6.45, 7) is 1.52. The van der Waals surface area contributed by atoms with Crippen LogP contribution in [0.4, 0.5) is 0 Å². The van der Waals surface area contributed by atoms with E-state index in [0.717, 1.165) is 5.56 Å². The first-order valence-electron chi connectivity index (χ1n) is 8.78. The van der Waals surface area contributed by atoms with Crippen molar-refractivity contribution in [3.05, 3.63) is 70.7 Å². The van der Waals surface area contributed by atoms with Crippen molar-refractivity contribution in [3.8, 4) is 0 Å². The third-order valence-corrected chi connectivity index (χ3v) is 4.38. The van der Waals surface area contributed by atoms with Crippen LogP contribution < -0.4 is 16.0 Å². The fraction of sp³-hybridized carbons (Fsp3) is 0.300. The molecule has 144 valence electrons. The minimum atomic E-state index is -0.213. The van der Waals surface area contributed by atoms with Crippen LogP contribution in [0.1, 0.15) is 21.8 Å². The summed E-state index contributed by atoms with van der Waals surface area (Å²) in [6, 6.07) is 16.8. The molecule has 2 aromatic rings. The fourth-order valence-electron chi connectivity index (χ4n) is 2.55. The van der Waals surface area contributed by atoms with E-state index in [1.54, 1.807) is 31.3 Å². The SMILES string of the molecule is CN=C(NCCNC(=O)c1ccccc1Cl)NCC(CO)c1ccccc1. The maximum absolute atomic E-state index is 12.1. The van der Waals surface area contributed by atoms with Crippen LogP contribution in [-0.4, -0.2) is 50.3 Å². The summed E-state index contributed by atoms with van der Waals surface area (Å²) >= 11 is 6.01. The van der Waals surface area contributed by atoms with Crippen LogP contribution in [0.25, 0.3) is 0 Å². The molecule has 4 N–H and O–H groups in total. The molecule has 1 amide bonds. The van der Waals surface area contributed by atoms with Crippen LogP contribution in [0.5, 0.6) is 0 Å². The number of benzene rings is 2. The average Bonchev–Trinajstić information content (AvgIpc) is 2.71. The first-order chi connectivity index (χ1) is 13.2. The molecule has 27 heavy (non-hydrogen) atoms. The van der Waals surface area contributed by atoms with Gasteiger partial charge in [0.05, 0.1) is 17.2 Å². The predicted octanol–water partition coefficient (Wildman–Crippen LogP) is 2.01. The van der Waals surface area contributed by atoms with E-state index in [1.807, 2.05) is 30.3 Å². The highest BCUT2D eigenvalue weighted by atomic mass is 35.5. The van der Waals surface area contributed by atoms with E-state index in [9.17, 15) is 9.90 Å². The number of aliphatic hydroxyl groups excluding tert-OH is 1. The zero-order valence-electron chi connectivity index (χ0n) is 15.3. The van der Waals surface area contributed by atoms with Gasteiger partial charge in [-0.15, -0.1) is 0 Å². The van der Waals surface area contributed by atoms with E-state index in [-0.39, 0.29) is 18.4 Å². The van der Waals surface area contributed by atoms with Gasteiger partial charge in [0.25, 0.3) is 5.91 Å². The minimum absolute atomic E-state index is 0.0234. The minimum Gasteiger partial charge on any atom is -0.396 e. The number of nitrogens with one attached hydrogen (secondary N) is 3. The second kappa shape index (κ2) is 11.2. The first kappa shape index (κ1) is 20.7. The van der Waals surface area contributed by atoms with E-state index < -0.39 is 0 Å². The second-order valence-electron chi connectivity index (χ2n) is 5.91. The Morgan fingerprint density at radius 3 is 2.37 bits per heavy atom. The third kappa shape index (κ3) is 6.58. The molecule has 0 spiro atoms. The maximum Gasteiger partial charge on any atom is 0.252 e. The van der Waals surface area contributed by atoms with Crippen LogP contribution >= 0.6 is 11.6 Å². The Hall–Kier alpha value is -2.57. The highest BCUT2D eigenvalue weighted by Gasteiger charge is 2.11. The number of carbonyl (C=O) groups is 1. The summed E-state index contributed by atoms with van der Waals surface area (Å²) in [4.78, 5) is 16.2. The molecule has 1 atom stereocenters. The summed E-state index contributed by atoms with van der Waals surface area (Å²) < 4.78 is 0. The number of guanidine groups is 1. The number of hydrogen-bond donors (Lipinski definition) is 4. The van der Waals surface area contributed by atoms with Crippen LogP contribution in [-0.2, 0) is 0 Å². The smallest absolute Gasteiger partial charge is 0.252 e. The Kier molecular flexibility index (Phi) is 8.61. The van der Waals surface area contributed by atoms with Crippen molar-refractivity contribution in [3.63, 3.8) is 0 Å². The summed E-state index contributed by atoms with van der Waals surface area (Å²) in [5.74, 6) is 0.371. The van der Waals surface area contributed by atoms with Crippen molar-refractivity contribution in [1.29, 1.82) is 0 Å². The lowest BCUT2D eigenvalue weighted by Gasteiger charge is -2.18. The molecule has 7 heteroatoms.